The van der Waals surface area contributed by atoms with Gasteiger partial charge in [-0.05, 0) is 12.8 Å². The molecule has 0 aliphatic rings. The van der Waals surface area contributed by atoms with Crippen molar-refractivity contribution >= 4 is 5.91 Å². The molecule has 3 nitrogen and oxygen atoms in total. The van der Waals surface area contributed by atoms with Crippen LogP contribution in [0.3, 0.4) is 0 Å². The Morgan fingerprint density at radius 3 is 2.69 bits per heavy atom. The fourth-order valence-corrected chi connectivity index (χ4v) is 0.901. The monoisotopic (exact) mass is 185 g/mol. The fraction of sp³-hybridized carbons (Fsp3) is 0.700. The molecule has 0 aliphatic carbocycles. The second kappa shape index (κ2) is 9.26. The molecule has 0 atom stereocenters. The van der Waals surface area contributed by atoms with Gasteiger partial charge in [0.25, 0.3) is 0 Å². The standard InChI is InChI=1S/C10H19NO2/c1-2-3-4-5-6-7-10(13)11-8-9-12/h4-5,12H,2-3,6-9H2,1H3,(H,11,13)/b5-4+. The van der Waals surface area contributed by atoms with Gasteiger partial charge < -0.3 is 10.4 Å². The van der Waals surface area contributed by atoms with Gasteiger partial charge in [0.2, 0.25) is 5.91 Å². The number of carbonyl (C=O) groups is 1. The minimum Gasteiger partial charge on any atom is -0.395 e. The van der Waals surface area contributed by atoms with E-state index in [0.29, 0.717) is 13.0 Å². The average Bonchev–Trinajstić information content (AvgIpc) is 2.14. The van der Waals surface area contributed by atoms with Gasteiger partial charge in [0.15, 0.2) is 0 Å². The molecule has 76 valence electrons. The summed E-state index contributed by atoms with van der Waals surface area (Å²) >= 11 is 0. The van der Waals surface area contributed by atoms with Crippen molar-refractivity contribution in [3.63, 3.8) is 0 Å². The Morgan fingerprint density at radius 1 is 1.38 bits per heavy atom. The van der Waals surface area contributed by atoms with E-state index in [0.717, 1.165) is 19.3 Å². The molecule has 0 radical (unpaired) electrons. The first-order chi connectivity index (χ1) is 6.31. The number of rotatable bonds is 7. The van der Waals surface area contributed by atoms with Crippen LogP contribution in [0.2, 0.25) is 0 Å². The number of allylic oxidation sites excluding steroid dienone is 2. The summed E-state index contributed by atoms with van der Waals surface area (Å²) in [6.07, 6.45) is 7.66. The SMILES string of the molecule is CCC/C=C/CCC(=O)NCCO. The maximum absolute atomic E-state index is 11.0. The smallest absolute Gasteiger partial charge is 0.220 e. The van der Waals surface area contributed by atoms with Crippen LogP contribution < -0.4 is 5.32 Å². The molecule has 0 spiro atoms. The summed E-state index contributed by atoms with van der Waals surface area (Å²) in [5.41, 5.74) is 0. The quantitative estimate of drug-likeness (QED) is 0.586. The van der Waals surface area contributed by atoms with Crippen molar-refractivity contribution in [2.45, 2.75) is 32.6 Å². The highest BCUT2D eigenvalue weighted by atomic mass is 16.3. The van der Waals surface area contributed by atoms with E-state index in [2.05, 4.69) is 18.3 Å². The predicted molar refractivity (Wildman–Crippen MR) is 53.4 cm³/mol. The summed E-state index contributed by atoms with van der Waals surface area (Å²) in [6.45, 7) is 2.49. The molecule has 0 bridgehead atoms. The van der Waals surface area contributed by atoms with Gasteiger partial charge in [-0.15, -0.1) is 0 Å². The number of aliphatic hydroxyl groups is 1. The van der Waals surface area contributed by atoms with E-state index in [1.54, 1.807) is 0 Å². The maximum Gasteiger partial charge on any atom is 0.220 e. The van der Waals surface area contributed by atoms with E-state index in [-0.39, 0.29) is 12.5 Å². The molecule has 1 amide bonds. The molecule has 0 rings (SSSR count). The van der Waals surface area contributed by atoms with Crippen LogP contribution in [0.15, 0.2) is 12.2 Å². The molecule has 0 aromatic heterocycles. The number of hydrogen-bond donors (Lipinski definition) is 2. The highest BCUT2D eigenvalue weighted by Crippen LogP contribution is 1.94. The Labute approximate surface area is 79.8 Å². The fourth-order valence-electron chi connectivity index (χ4n) is 0.901. The molecular formula is C10H19NO2. The summed E-state index contributed by atoms with van der Waals surface area (Å²) in [5.74, 6) is 0.00944. The third-order valence-corrected chi connectivity index (χ3v) is 1.59. The van der Waals surface area contributed by atoms with Gasteiger partial charge in [-0.25, -0.2) is 0 Å². The number of amides is 1. The molecule has 3 heteroatoms. The van der Waals surface area contributed by atoms with Crippen molar-refractivity contribution in [1.82, 2.24) is 5.32 Å². The average molecular weight is 185 g/mol. The third kappa shape index (κ3) is 9.08. The second-order valence-corrected chi connectivity index (χ2v) is 2.87. The van der Waals surface area contributed by atoms with Crippen molar-refractivity contribution in [3.05, 3.63) is 12.2 Å². The van der Waals surface area contributed by atoms with Crippen molar-refractivity contribution in [2.24, 2.45) is 0 Å². The Bertz CT molecular complexity index is 155. The number of aliphatic hydroxyl groups excluding tert-OH is 1. The van der Waals surface area contributed by atoms with Crippen LogP contribution in [-0.2, 0) is 4.79 Å². The molecule has 2 N–H and O–H groups in total. The van der Waals surface area contributed by atoms with Gasteiger partial charge in [0.1, 0.15) is 0 Å². The van der Waals surface area contributed by atoms with E-state index in [9.17, 15) is 4.79 Å². The maximum atomic E-state index is 11.0. The topological polar surface area (TPSA) is 49.3 Å². The van der Waals surface area contributed by atoms with Crippen LogP contribution in [0.25, 0.3) is 0 Å². The first-order valence-electron chi connectivity index (χ1n) is 4.83. The zero-order valence-corrected chi connectivity index (χ0v) is 8.25. The first kappa shape index (κ1) is 12.2. The van der Waals surface area contributed by atoms with Crippen molar-refractivity contribution < 1.29 is 9.90 Å². The van der Waals surface area contributed by atoms with E-state index >= 15 is 0 Å². The highest BCUT2D eigenvalue weighted by Gasteiger charge is 1.96. The van der Waals surface area contributed by atoms with Gasteiger partial charge >= 0.3 is 0 Å². The van der Waals surface area contributed by atoms with Gasteiger partial charge in [0.05, 0.1) is 6.61 Å². The molecule has 0 fully saturated rings. The molecule has 0 aromatic carbocycles. The largest absolute Gasteiger partial charge is 0.395 e. The Hall–Kier alpha value is -0.830. The molecule has 0 aromatic rings. The molecular weight excluding hydrogens is 166 g/mol. The minimum absolute atomic E-state index is 0.00944. The number of nitrogens with one attached hydrogen (secondary N) is 1. The Kier molecular flexibility index (Phi) is 8.67. The highest BCUT2D eigenvalue weighted by molar-refractivity contribution is 5.75. The Morgan fingerprint density at radius 2 is 2.08 bits per heavy atom. The lowest BCUT2D eigenvalue weighted by Gasteiger charge is -1.99. The molecule has 0 unspecified atom stereocenters. The van der Waals surface area contributed by atoms with Crippen LogP contribution in [0.5, 0.6) is 0 Å². The van der Waals surface area contributed by atoms with Crippen LogP contribution in [-0.4, -0.2) is 24.2 Å². The van der Waals surface area contributed by atoms with Gasteiger partial charge in [-0.3, -0.25) is 4.79 Å². The predicted octanol–water partition coefficient (Wildman–Crippen LogP) is 1.23. The van der Waals surface area contributed by atoms with Crippen LogP contribution in [0.4, 0.5) is 0 Å². The Balaban J connectivity index is 3.26. The van der Waals surface area contributed by atoms with E-state index in [1.807, 2.05) is 6.08 Å². The number of hydrogen-bond acceptors (Lipinski definition) is 2. The number of unbranched alkanes of at least 4 members (excludes halogenated alkanes) is 1. The zero-order valence-electron chi connectivity index (χ0n) is 8.25. The van der Waals surface area contributed by atoms with Crippen molar-refractivity contribution in [1.29, 1.82) is 0 Å². The summed E-state index contributed by atoms with van der Waals surface area (Å²) in [6, 6.07) is 0. The molecule has 0 saturated heterocycles. The summed E-state index contributed by atoms with van der Waals surface area (Å²) in [5, 5.41) is 11.0. The number of carbonyl (C=O) groups excluding carboxylic acids is 1. The lowest BCUT2D eigenvalue weighted by Crippen LogP contribution is -2.25. The molecule has 13 heavy (non-hydrogen) atoms. The molecule has 0 heterocycles. The summed E-state index contributed by atoms with van der Waals surface area (Å²) < 4.78 is 0. The zero-order chi connectivity index (χ0) is 9.94. The second-order valence-electron chi connectivity index (χ2n) is 2.87. The van der Waals surface area contributed by atoms with Crippen LogP contribution >= 0.6 is 0 Å². The van der Waals surface area contributed by atoms with Crippen LogP contribution in [0, 0.1) is 0 Å². The van der Waals surface area contributed by atoms with Crippen molar-refractivity contribution in [3.8, 4) is 0 Å². The third-order valence-electron chi connectivity index (χ3n) is 1.59. The van der Waals surface area contributed by atoms with E-state index in [4.69, 9.17) is 5.11 Å². The summed E-state index contributed by atoms with van der Waals surface area (Å²) in [7, 11) is 0. The minimum atomic E-state index is 0.00944. The van der Waals surface area contributed by atoms with E-state index < -0.39 is 0 Å². The van der Waals surface area contributed by atoms with Crippen LogP contribution in [0.1, 0.15) is 32.6 Å². The summed E-state index contributed by atoms with van der Waals surface area (Å²) in [4.78, 5) is 11.0. The molecule has 0 saturated carbocycles. The molecule has 0 aliphatic heterocycles. The normalized spacial score (nSPS) is 10.6. The van der Waals surface area contributed by atoms with Crippen molar-refractivity contribution in [2.75, 3.05) is 13.2 Å². The first-order valence-corrected chi connectivity index (χ1v) is 4.83. The lowest BCUT2D eigenvalue weighted by molar-refractivity contribution is -0.121. The van der Waals surface area contributed by atoms with Gasteiger partial charge in [-0.1, -0.05) is 25.5 Å². The lowest BCUT2D eigenvalue weighted by atomic mass is 10.2. The van der Waals surface area contributed by atoms with Gasteiger partial charge in [0, 0.05) is 13.0 Å². The van der Waals surface area contributed by atoms with E-state index in [1.165, 1.54) is 0 Å². The van der Waals surface area contributed by atoms with Gasteiger partial charge in [-0.2, -0.15) is 0 Å².